The summed E-state index contributed by atoms with van der Waals surface area (Å²) in [4.78, 5) is 26.9. The Hall–Kier alpha value is -3.45. The lowest BCUT2D eigenvalue weighted by atomic mass is 9.95. The summed E-state index contributed by atoms with van der Waals surface area (Å²) in [6.45, 7) is 2.34. The molecule has 6 nitrogen and oxygen atoms in total. The van der Waals surface area contributed by atoms with Gasteiger partial charge < -0.3 is 19.4 Å². The van der Waals surface area contributed by atoms with Crippen LogP contribution in [-0.2, 0) is 29.3 Å². The van der Waals surface area contributed by atoms with Crippen molar-refractivity contribution in [3.8, 4) is 0 Å². The number of hydrogen-bond donors (Lipinski definition) is 1. The lowest BCUT2D eigenvalue weighted by Gasteiger charge is -2.31. The van der Waals surface area contributed by atoms with Crippen LogP contribution in [0.2, 0.25) is 0 Å². The van der Waals surface area contributed by atoms with Crippen molar-refractivity contribution >= 4 is 11.8 Å². The van der Waals surface area contributed by atoms with Gasteiger partial charge in [0, 0.05) is 31.1 Å². The predicted molar refractivity (Wildman–Crippen MR) is 121 cm³/mol. The topological polar surface area (TPSA) is 71.8 Å². The first-order valence-corrected chi connectivity index (χ1v) is 11.1. The Morgan fingerprint density at radius 1 is 1.00 bits per heavy atom. The molecule has 1 aromatic heterocycles. The van der Waals surface area contributed by atoms with E-state index in [1.54, 1.807) is 11.2 Å². The molecule has 1 saturated heterocycles. The molecule has 2 heterocycles. The summed E-state index contributed by atoms with van der Waals surface area (Å²) >= 11 is 0. The molecule has 33 heavy (non-hydrogen) atoms. The molecule has 0 unspecified atom stereocenters. The number of benzene rings is 2. The zero-order valence-electron chi connectivity index (χ0n) is 18.3. The Bertz CT molecular complexity index is 1060. The van der Waals surface area contributed by atoms with Crippen LogP contribution in [0.1, 0.15) is 40.1 Å². The summed E-state index contributed by atoms with van der Waals surface area (Å²) in [7, 11) is 0. The third kappa shape index (κ3) is 6.29. The third-order valence-corrected chi connectivity index (χ3v) is 5.80. The van der Waals surface area contributed by atoms with Crippen molar-refractivity contribution < 1.29 is 23.1 Å². The fourth-order valence-corrected chi connectivity index (χ4v) is 3.95. The molecule has 172 valence electrons. The van der Waals surface area contributed by atoms with Crippen LogP contribution in [0.3, 0.4) is 0 Å². The van der Waals surface area contributed by atoms with Gasteiger partial charge in [0.05, 0.1) is 12.9 Å². The monoisotopic (exact) mass is 450 g/mol. The number of halogens is 1. The zero-order valence-corrected chi connectivity index (χ0v) is 18.3. The molecule has 1 aliphatic heterocycles. The summed E-state index contributed by atoms with van der Waals surface area (Å²) in [5.41, 5.74) is 2.50. The highest BCUT2D eigenvalue weighted by Gasteiger charge is 2.27. The second kappa shape index (κ2) is 10.9. The number of rotatable bonds is 8. The molecular formula is C26H27FN2O4. The third-order valence-electron chi connectivity index (χ3n) is 5.80. The Morgan fingerprint density at radius 2 is 1.76 bits per heavy atom. The fraction of sp³-hybridized carbons (Fsp3) is 0.308. The van der Waals surface area contributed by atoms with Crippen molar-refractivity contribution in [1.29, 1.82) is 0 Å². The second-order valence-electron chi connectivity index (χ2n) is 8.18. The van der Waals surface area contributed by atoms with Gasteiger partial charge in [-0.3, -0.25) is 9.59 Å². The van der Waals surface area contributed by atoms with Crippen LogP contribution in [0.15, 0.2) is 71.3 Å². The maximum absolute atomic E-state index is 13.1. The lowest BCUT2D eigenvalue weighted by Crippen LogP contribution is -2.42. The molecule has 3 aromatic rings. The first-order valence-electron chi connectivity index (χ1n) is 11.1. The van der Waals surface area contributed by atoms with Gasteiger partial charge in [0.2, 0.25) is 5.91 Å². The number of carbonyl (C=O) groups is 2. The summed E-state index contributed by atoms with van der Waals surface area (Å²) in [6, 6.07) is 17.2. The lowest BCUT2D eigenvalue weighted by molar-refractivity contribution is -0.126. The molecular weight excluding hydrogens is 423 g/mol. The SMILES string of the molecule is O=C(NCc1cccc(COCc2ccco2)c1)C1CCN(C(=O)c2ccc(F)cc2)CC1. The van der Waals surface area contributed by atoms with E-state index >= 15 is 0 Å². The second-order valence-corrected chi connectivity index (χ2v) is 8.18. The zero-order chi connectivity index (χ0) is 23.0. The molecule has 1 fully saturated rings. The van der Waals surface area contributed by atoms with Crippen LogP contribution in [0.5, 0.6) is 0 Å². The minimum Gasteiger partial charge on any atom is -0.467 e. The molecule has 4 rings (SSSR count). The van der Waals surface area contributed by atoms with Crippen LogP contribution >= 0.6 is 0 Å². The standard InChI is InChI=1S/C26H27FN2O4/c27-23-8-6-22(7-9-23)26(31)29-12-10-21(11-13-29)25(30)28-16-19-3-1-4-20(15-19)17-32-18-24-5-2-14-33-24/h1-9,14-15,21H,10-13,16-18H2,(H,28,30). The van der Waals surface area contributed by atoms with Crippen LogP contribution in [0, 0.1) is 11.7 Å². The van der Waals surface area contributed by atoms with Crippen LogP contribution in [0.4, 0.5) is 4.39 Å². The van der Waals surface area contributed by atoms with E-state index < -0.39 is 0 Å². The van der Waals surface area contributed by atoms with Crippen molar-refractivity contribution in [2.24, 2.45) is 5.92 Å². The van der Waals surface area contributed by atoms with E-state index in [4.69, 9.17) is 9.15 Å². The van der Waals surface area contributed by atoms with E-state index in [9.17, 15) is 14.0 Å². The average Bonchev–Trinajstić information content (AvgIpc) is 3.37. The molecule has 2 amide bonds. The number of furan rings is 1. The number of ether oxygens (including phenoxy) is 1. The van der Waals surface area contributed by atoms with Crippen molar-refractivity contribution in [2.75, 3.05) is 13.1 Å². The summed E-state index contributed by atoms with van der Waals surface area (Å²) in [5.74, 6) is 0.170. The largest absolute Gasteiger partial charge is 0.467 e. The highest BCUT2D eigenvalue weighted by molar-refractivity contribution is 5.94. The first kappa shape index (κ1) is 22.7. The predicted octanol–water partition coefficient (Wildman–Crippen LogP) is 4.30. The minimum atomic E-state index is -0.367. The van der Waals surface area contributed by atoms with E-state index in [0.29, 0.717) is 51.3 Å². The molecule has 2 aromatic carbocycles. The Labute approximate surface area is 192 Å². The highest BCUT2D eigenvalue weighted by Crippen LogP contribution is 2.20. The quantitative estimate of drug-likeness (QED) is 0.555. The molecule has 0 saturated carbocycles. The number of nitrogens with zero attached hydrogens (tertiary/aromatic N) is 1. The fourth-order valence-electron chi connectivity index (χ4n) is 3.95. The van der Waals surface area contributed by atoms with Crippen LogP contribution in [-0.4, -0.2) is 29.8 Å². The van der Waals surface area contributed by atoms with Gasteiger partial charge in [-0.15, -0.1) is 0 Å². The average molecular weight is 451 g/mol. The van der Waals surface area contributed by atoms with Gasteiger partial charge >= 0.3 is 0 Å². The molecule has 7 heteroatoms. The molecule has 0 aliphatic carbocycles. The molecule has 1 N–H and O–H groups in total. The maximum atomic E-state index is 13.1. The van der Waals surface area contributed by atoms with Crippen molar-refractivity contribution in [3.05, 3.63) is 95.2 Å². The van der Waals surface area contributed by atoms with E-state index in [0.717, 1.165) is 16.9 Å². The van der Waals surface area contributed by atoms with Gasteiger partial charge in [0.1, 0.15) is 18.2 Å². The van der Waals surface area contributed by atoms with Crippen molar-refractivity contribution in [3.63, 3.8) is 0 Å². The number of amides is 2. The van der Waals surface area contributed by atoms with Gasteiger partial charge in [-0.05, 0) is 60.4 Å². The summed E-state index contributed by atoms with van der Waals surface area (Å²) < 4.78 is 24.0. The van der Waals surface area contributed by atoms with Gasteiger partial charge in [0.15, 0.2) is 0 Å². The van der Waals surface area contributed by atoms with Crippen LogP contribution in [0.25, 0.3) is 0 Å². The molecule has 0 atom stereocenters. The molecule has 0 spiro atoms. The first-order chi connectivity index (χ1) is 16.1. The normalized spacial score (nSPS) is 14.3. The van der Waals surface area contributed by atoms with E-state index in [1.165, 1.54) is 24.3 Å². The minimum absolute atomic E-state index is 0.00311. The number of hydrogen-bond acceptors (Lipinski definition) is 4. The van der Waals surface area contributed by atoms with Crippen molar-refractivity contribution in [2.45, 2.75) is 32.6 Å². The number of likely N-dealkylation sites (tertiary alicyclic amines) is 1. The van der Waals surface area contributed by atoms with Gasteiger partial charge in [-0.2, -0.15) is 0 Å². The van der Waals surface area contributed by atoms with Crippen LogP contribution < -0.4 is 5.32 Å². The summed E-state index contributed by atoms with van der Waals surface area (Å²) in [5, 5.41) is 3.02. The Balaban J connectivity index is 1.21. The maximum Gasteiger partial charge on any atom is 0.253 e. The van der Waals surface area contributed by atoms with Gasteiger partial charge in [-0.25, -0.2) is 4.39 Å². The van der Waals surface area contributed by atoms with Crippen molar-refractivity contribution in [1.82, 2.24) is 10.2 Å². The molecule has 1 aliphatic rings. The molecule has 0 radical (unpaired) electrons. The van der Waals surface area contributed by atoms with Gasteiger partial charge in [0.25, 0.3) is 5.91 Å². The van der Waals surface area contributed by atoms with E-state index in [-0.39, 0.29) is 23.5 Å². The Morgan fingerprint density at radius 3 is 2.48 bits per heavy atom. The Kier molecular flexibility index (Phi) is 7.52. The number of carbonyl (C=O) groups excluding carboxylic acids is 2. The van der Waals surface area contributed by atoms with E-state index in [1.807, 2.05) is 36.4 Å². The number of piperidine rings is 1. The molecule has 0 bridgehead atoms. The van der Waals surface area contributed by atoms with E-state index in [2.05, 4.69) is 5.32 Å². The summed E-state index contributed by atoms with van der Waals surface area (Å²) in [6.07, 6.45) is 2.84. The van der Waals surface area contributed by atoms with Gasteiger partial charge in [-0.1, -0.05) is 24.3 Å². The highest BCUT2D eigenvalue weighted by atomic mass is 19.1. The smallest absolute Gasteiger partial charge is 0.253 e. The number of nitrogens with one attached hydrogen (secondary N) is 1.